The van der Waals surface area contributed by atoms with Crippen molar-refractivity contribution in [3.05, 3.63) is 30.1 Å². The van der Waals surface area contributed by atoms with Gasteiger partial charge in [0.25, 0.3) is 0 Å². The van der Waals surface area contributed by atoms with E-state index < -0.39 is 0 Å². The van der Waals surface area contributed by atoms with Gasteiger partial charge in [-0.2, -0.15) is 0 Å². The van der Waals surface area contributed by atoms with Crippen molar-refractivity contribution in [3.63, 3.8) is 0 Å². The van der Waals surface area contributed by atoms with Crippen LogP contribution in [0.15, 0.2) is 24.5 Å². The summed E-state index contributed by atoms with van der Waals surface area (Å²) in [6.07, 6.45) is 14.3. The van der Waals surface area contributed by atoms with Crippen LogP contribution in [0.4, 0.5) is 0 Å². The Morgan fingerprint density at radius 1 is 1.35 bits per heavy atom. The van der Waals surface area contributed by atoms with Crippen molar-refractivity contribution in [2.45, 2.75) is 64.3 Å². The Hall–Kier alpha value is -0.930. The molecule has 1 aromatic rings. The van der Waals surface area contributed by atoms with Crippen molar-refractivity contribution >= 4 is 0 Å². The Balaban J connectivity index is 1.81. The van der Waals surface area contributed by atoms with Crippen LogP contribution in [0.5, 0.6) is 0 Å². The summed E-state index contributed by atoms with van der Waals surface area (Å²) in [5.41, 5.74) is 4.33. The second-order valence-electron chi connectivity index (χ2n) is 6.26. The average molecular weight is 275 g/mol. The predicted octanol–water partition coefficient (Wildman–Crippen LogP) is 3.45. The molecule has 0 spiro atoms. The van der Waals surface area contributed by atoms with Crippen molar-refractivity contribution in [3.8, 4) is 0 Å². The molecule has 0 amide bonds. The van der Waals surface area contributed by atoms with Gasteiger partial charge in [0.05, 0.1) is 0 Å². The minimum atomic E-state index is 0.395. The van der Waals surface area contributed by atoms with E-state index in [1.165, 1.54) is 50.5 Å². The van der Waals surface area contributed by atoms with Gasteiger partial charge in [-0.05, 0) is 42.7 Å². The highest BCUT2D eigenvalue weighted by atomic mass is 15.2. The van der Waals surface area contributed by atoms with Crippen LogP contribution in [-0.2, 0) is 6.42 Å². The summed E-state index contributed by atoms with van der Waals surface area (Å²) in [5, 5.41) is 0. The van der Waals surface area contributed by atoms with Crippen LogP contribution in [0.25, 0.3) is 0 Å². The lowest BCUT2D eigenvalue weighted by Gasteiger charge is -2.33. The quantitative estimate of drug-likeness (QED) is 0.592. The van der Waals surface area contributed by atoms with E-state index >= 15 is 0 Å². The second-order valence-corrected chi connectivity index (χ2v) is 6.26. The lowest BCUT2D eigenvalue weighted by molar-refractivity contribution is 0.211. The Labute approximate surface area is 123 Å². The van der Waals surface area contributed by atoms with Crippen molar-refractivity contribution in [1.29, 1.82) is 0 Å². The van der Waals surface area contributed by atoms with Gasteiger partial charge < -0.3 is 0 Å². The van der Waals surface area contributed by atoms with Gasteiger partial charge in [0.1, 0.15) is 0 Å². The molecule has 1 aliphatic rings. The smallest absolute Gasteiger partial charge is 0.0300 e. The number of rotatable bonds is 7. The molecule has 3 heteroatoms. The maximum absolute atomic E-state index is 5.80. The van der Waals surface area contributed by atoms with Crippen molar-refractivity contribution < 1.29 is 0 Å². The van der Waals surface area contributed by atoms with Gasteiger partial charge >= 0.3 is 0 Å². The first kappa shape index (κ1) is 15.5. The number of nitrogens with zero attached hydrogens (tertiary/aromatic N) is 1. The van der Waals surface area contributed by atoms with Gasteiger partial charge in [-0.25, -0.2) is 0 Å². The molecule has 1 unspecified atom stereocenters. The molecular formula is C17H29N3. The fraction of sp³-hybridized carbons (Fsp3) is 0.706. The molecule has 0 saturated heterocycles. The highest BCUT2D eigenvalue weighted by molar-refractivity contribution is 5.10. The molecule has 3 N–H and O–H groups in total. The van der Waals surface area contributed by atoms with E-state index in [-0.39, 0.29) is 0 Å². The van der Waals surface area contributed by atoms with E-state index in [0.717, 1.165) is 18.3 Å². The Kier molecular flexibility index (Phi) is 6.48. The molecule has 20 heavy (non-hydrogen) atoms. The number of nitrogens with one attached hydrogen (secondary N) is 1. The van der Waals surface area contributed by atoms with E-state index in [0.29, 0.717) is 6.04 Å². The fourth-order valence-electron chi connectivity index (χ4n) is 3.51. The molecule has 0 bridgehead atoms. The predicted molar refractivity (Wildman–Crippen MR) is 84.0 cm³/mol. The van der Waals surface area contributed by atoms with Gasteiger partial charge in [-0.3, -0.25) is 16.3 Å². The minimum Gasteiger partial charge on any atom is -0.271 e. The summed E-state index contributed by atoms with van der Waals surface area (Å²) >= 11 is 0. The molecule has 0 aliphatic heterocycles. The van der Waals surface area contributed by atoms with E-state index in [2.05, 4.69) is 23.4 Å². The number of aromatic nitrogens is 1. The van der Waals surface area contributed by atoms with Crippen LogP contribution >= 0.6 is 0 Å². The molecule has 1 heterocycles. The van der Waals surface area contributed by atoms with Gasteiger partial charge in [0.2, 0.25) is 0 Å². The third-order valence-corrected chi connectivity index (χ3v) is 4.82. The lowest BCUT2D eigenvalue weighted by atomic mass is 9.76. The monoisotopic (exact) mass is 275 g/mol. The van der Waals surface area contributed by atoms with Gasteiger partial charge in [-0.1, -0.05) is 45.1 Å². The third kappa shape index (κ3) is 4.57. The normalized spacial score (nSPS) is 24.5. The molecule has 3 nitrogen and oxygen atoms in total. The van der Waals surface area contributed by atoms with E-state index in [9.17, 15) is 0 Å². The van der Waals surface area contributed by atoms with Crippen LogP contribution < -0.4 is 11.3 Å². The third-order valence-electron chi connectivity index (χ3n) is 4.82. The first-order valence-corrected chi connectivity index (χ1v) is 8.18. The van der Waals surface area contributed by atoms with E-state index in [1.54, 1.807) is 0 Å². The summed E-state index contributed by atoms with van der Waals surface area (Å²) < 4.78 is 0. The second kappa shape index (κ2) is 8.38. The zero-order valence-electron chi connectivity index (χ0n) is 12.7. The molecule has 1 aromatic heterocycles. The molecule has 1 saturated carbocycles. The Morgan fingerprint density at radius 2 is 2.15 bits per heavy atom. The molecule has 2 rings (SSSR count). The van der Waals surface area contributed by atoms with Crippen molar-refractivity contribution in [1.82, 2.24) is 10.4 Å². The number of hydrogen-bond acceptors (Lipinski definition) is 3. The number of unbranched alkanes of at least 4 members (excludes halogenated alkanes) is 1. The zero-order chi connectivity index (χ0) is 14.2. The van der Waals surface area contributed by atoms with Crippen LogP contribution in [0.3, 0.4) is 0 Å². The summed E-state index contributed by atoms with van der Waals surface area (Å²) in [7, 11) is 0. The average Bonchev–Trinajstić information content (AvgIpc) is 2.52. The van der Waals surface area contributed by atoms with E-state index in [4.69, 9.17) is 5.84 Å². The topological polar surface area (TPSA) is 50.9 Å². The standard InChI is InChI=1S/C17H29N3/c1-2-3-5-14-7-9-16(10-8-14)17(20-18)12-15-6-4-11-19-13-15/h4,6,11,13-14,16-17,20H,2-3,5,7-10,12,18H2,1H3. The maximum atomic E-state index is 5.80. The molecule has 1 fully saturated rings. The van der Waals surface area contributed by atoms with Crippen LogP contribution in [0.1, 0.15) is 57.4 Å². The van der Waals surface area contributed by atoms with Gasteiger partial charge in [-0.15, -0.1) is 0 Å². The summed E-state index contributed by atoms with van der Waals surface area (Å²) in [5.74, 6) is 7.48. The molecule has 0 radical (unpaired) electrons. The largest absolute Gasteiger partial charge is 0.271 e. The van der Waals surface area contributed by atoms with Crippen molar-refractivity contribution in [2.24, 2.45) is 17.7 Å². The minimum absolute atomic E-state index is 0.395. The van der Waals surface area contributed by atoms with Crippen LogP contribution in [0, 0.1) is 11.8 Å². The molecule has 112 valence electrons. The highest BCUT2D eigenvalue weighted by Crippen LogP contribution is 2.34. The number of hydrazine groups is 1. The Morgan fingerprint density at radius 3 is 2.75 bits per heavy atom. The summed E-state index contributed by atoms with van der Waals surface area (Å²) in [6, 6.07) is 4.54. The van der Waals surface area contributed by atoms with Crippen LogP contribution in [0.2, 0.25) is 0 Å². The molecular weight excluding hydrogens is 246 g/mol. The van der Waals surface area contributed by atoms with E-state index in [1.807, 2.05) is 18.5 Å². The van der Waals surface area contributed by atoms with Gasteiger partial charge in [0, 0.05) is 18.4 Å². The van der Waals surface area contributed by atoms with Crippen molar-refractivity contribution in [2.75, 3.05) is 0 Å². The number of pyridine rings is 1. The van der Waals surface area contributed by atoms with Gasteiger partial charge in [0.15, 0.2) is 0 Å². The molecule has 0 aromatic carbocycles. The number of hydrogen-bond donors (Lipinski definition) is 2. The van der Waals surface area contributed by atoms with Crippen LogP contribution in [-0.4, -0.2) is 11.0 Å². The first-order valence-electron chi connectivity index (χ1n) is 8.18. The summed E-state index contributed by atoms with van der Waals surface area (Å²) in [6.45, 7) is 2.29. The fourth-order valence-corrected chi connectivity index (χ4v) is 3.51. The Bertz CT molecular complexity index is 358. The number of nitrogens with two attached hydrogens (primary N) is 1. The zero-order valence-corrected chi connectivity index (χ0v) is 12.7. The first-order chi connectivity index (χ1) is 9.83. The highest BCUT2D eigenvalue weighted by Gasteiger charge is 2.26. The molecule has 1 aliphatic carbocycles. The lowest BCUT2D eigenvalue weighted by Crippen LogP contribution is -2.43. The summed E-state index contributed by atoms with van der Waals surface area (Å²) in [4.78, 5) is 4.19. The molecule has 1 atom stereocenters. The maximum Gasteiger partial charge on any atom is 0.0300 e. The SMILES string of the molecule is CCCCC1CCC(C(Cc2cccnc2)NN)CC1.